The van der Waals surface area contributed by atoms with Gasteiger partial charge in [0.1, 0.15) is 5.75 Å². The predicted molar refractivity (Wildman–Crippen MR) is 123 cm³/mol. The molecule has 3 rings (SSSR count). The Morgan fingerprint density at radius 3 is 2.29 bits per heavy atom. The van der Waals surface area contributed by atoms with Gasteiger partial charge in [-0.1, -0.05) is 29.8 Å². The third-order valence-corrected chi connectivity index (χ3v) is 6.33. The van der Waals surface area contributed by atoms with Crippen molar-refractivity contribution in [2.45, 2.75) is 31.8 Å². The standard InChI is InChI=1S/C23H23ClN2O4S/c1-15-5-4-6-20(13-15)30-17(3)23(27)25-18-9-11-21(12-10-18)31(28,29)26-19-8-7-16(2)22(24)14-19/h4-14,17,26H,1-3H3,(H,25,27)/t17-/m1/s1. The number of amides is 1. The first-order valence-corrected chi connectivity index (χ1v) is 11.4. The average Bonchev–Trinajstić information content (AvgIpc) is 2.71. The molecule has 3 aromatic rings. The van der Waals surface area contributed by atoms with Gasteiger partial charge in [-0.2, -0.15) is 0 Å². The maximum Gasteiger partial charge on any atom is 0.265 e. The third-order valence-electron chi connectivity index (χ3n) is 4.53. The van der Waals surface area contributed by atoms with Gasteiger partial charge in [0.15, 0.2) is 6.10 Å². The molecule has 1 amide bonds. The molecule has 0 aliphatic heterocycles. The zero-order valence-electron chi connectivity index (χ0n) is 17.3. The molecule has 6 nitrogen and oxygen atoms in total. The molecule has 3 aromatic carbocycles. The number of ether oxygens (including phenoxy) is 1. The van der Waals surface area contributed by atoms with Crippen molar-refractivity contribution in [2.75, 3.05) is 10.0 Å². The van der Waals surface area contributed by atoms with Gasteiger partial charge in [-0.25, -0.2) is 8.42 Å². The Morgan fingerprint density at radius 1 is 0.968 bits per heavy atom. The second-order valence-corrected chi connectivity index (χ2v) is 9.25. The molecule has 0 aliphatic rings. The van der Waals surface area contributed by atoms with Gasteiger partial charge >= 0.3 is 0 Å². The summed E-state index contributed by atoms with van der Waals surface area (Å²) in [5.41, 5.74) is 2.71. The van der Waals surface area contributed by atoms with E-state index in [1.807, 2.05) is 32.0 Å². The minimum atomic E-state index is -3.80. The van der Waals surface area contributed by atoms with E-state index in [-0.39, 0.29) is 10.8 Å². The number of aryl methyl sites for hydroxylation is 2. The van der Waals surface area contributed by atoms with Crippen molar-refractivity contribution >= 4 is 38.9 Å². The number of nitrogens with one attached hydrogen (secondary N) is 2. The highest BCUT2D eigenvalue weighted by Crippen LogP contribution is 2.23. The second kappa shape index (κ2) is 9.41. The molecule has 0 aromatic heterocycles. The van der Waals surface area contributed by atoms with Crippen molar-refractivity contribution in [1.82, 2.24) is 0 Å². The molecule has 0 radical (unpaired) electrons. The van der Waals surface area contributed by atoms with Crippen molar-refractivity contribution < 1.29 is 17.9 Å². The van der Waals surface area contributed by atoms with E-state index in [1.165, 1.54) is 24.3 Å². The number of anilines is 2. The zero-order valence-corrected chi connectivity index (χ0v) is 18.9. The Morgan fingerprint density at radius 2 is 1.65 bits per heavy atom. The lowest BCUT2D eigenvalue weighted by Gasteiger charge is -2.15. The number of hydrogen-bond acceptors (Lipinski definition) is 4. The molecule has 0 bridgehead atoms. The van der Waals surface area contributed by atoms with Gasteiger partial charge in [-0.3, -0.25) is 9.52 Å². The number of rotatable bonds is 7. The summed E-state index contributed by atoms with van der Waals surface area (Å²) in [6, 6.07) is 18.2. The summed E-state index contributed by atoms with van der Waals surface area (Å²) in [5, 5.41) is 3.19. The number of carbonyl (C=O) groups excluding carboxylic acids is 1. The van der Waals surface area contributed by atoms with Gasteiger partial charge in [0.2, 0.25) is 0 Å². The monoisotopic (exact) mass is 458 g/mol. The predicted octanol–water partition coefficient (Wildman–Crippen LogP) is 5.16. The summed E-state index contributed by atoms with van der Waals surface area (Å²) in [5.74, 6) is 0.260. The van der Waals surface area contributed by atoms with E-state index < -0.39 is 16.1 Å². The number of sulfonamides is 1. The third kappa shape index (κ3) is 5.99. The van der Waals surface area contributed by atoms with Gasteiger partial charge < -0.3 is 10.1 Å². The maximum atomic E-state index is 12.6. The van der Waals surface area contributed by atoms with Crippen LogP contribution in [-0.2, 0) is 14.8 Å². The van der Waals surface area contributed by atoms with Crippen LogP contribution in [0.4, 0.5) is 11.4 Å². The van der Waals surface area contributed by atoms with Gasteiger partial charge in [-0.05, 0) is 80.4 Å². The molecule has 1 atom stereocenters. The fraction of sp³-hybridized carbons (Fsp3) is 0.174. The van der Waals surface area contributed by atoms with Crippen molar-refractivity contribution in [1.29, 1.82) is 0 Å². The molecule has 0 fully saturated rings. The Hall–Kier alpha value is -3.03. The molecule has 0 aliphatic carbocycles. The summed E-state index contributed by atoms with van der Waals surface area (Å²) in [6.07, 6.45) is -0.724. The van der Waals surface area contributed by atoms with Crippen LogP contribution in [0.25, 0.3) is 0 Å². The topological polar surface area (TPSA) is 84.5 Å². The van der Waals surface area contributed by atoms with Gasteiger partial charge in [0.25, 0.3) is 15.9 Å². The van der Waals surface area contributed by atoms with E-state index in [2.05, 4.69) is 10.0 Å². The summed E-state index contributed by atoms with van der Waals surface area (Å²) in [7, 11) is -3.80. The van der Waals surface area contributed by atoms with E-state index in [0.717, 1.165) is 11.1 Å². The van der Waals surface area contributed by atoms with Crippen LogP contribution >= 0.6 is 11.6 Å². The zero-order chi connectivity index (χ0) is 22.6. The van der Waals surface area contributed by atoms with Crippen molar-refractivity contribution in [3.8, 4) is 5.75 Å². The fourth-order valence-corrected chi connectivity index (χ4v) is 4.01. The molecule has 2 N–H and O–H groups in total. The van der Waals surface area contributed by atoms with E-state index in [9.17, 15) is 13.2 Å². The highest BCUT2D eigenvalue weighted by atomic mass is 35.5. The van der Waals surface area contributed by atoms with Crippen LogP contribution in [0.2, 0.25) is 5.02 Å². The molecule has 0 heterocycles. The van der Waals surface area contributed by atoms with E-state index in [1.54, 1.807) is 31.2 Å². The fourth-order valence-electron chi connectivity index (χ4n) is 2.78. The summed E-state index contributed by atoms with van der Waals surface area (Å²) in [4.78, 5) is 12.5. The summed E-state index contributed by atoms with van der Waals surface area (Å²) >= 11 is 6.06. The van der Waals surface area contributed by atoms with Crippen LogP contribution in [0, 0.1) is 13.8 Å². The molecular formula is C23H23ClN2O4S. The number of carbonyl (C=O) groups is 1. The molecule has 0 saturated carbocycles. The van der Waals surface area contributed by atoms with E-state index >= 15 is 0 Å². The number of halogens is 1. The van der Waals surface area contributed by atoms with Gasteiger partial charge in [-0.15, -0.1) is 0 Å². The second-order valence-electron chi connectivity index (χ2n) is 7.16. The summed E-state index contributed by atoms with van der Waals surface area (Å²) in [6.45, 7) is 5.42. The smallest absolute Gasteiger partial charge is 0.265 e. The lowest BCUT2D eigenvalue weighted by Crippen LogP contribution is -2.30. The van der Waals surface area contributed by atoms with Gasteiger partial charge in [0, 0.05) is 10.7 Å². The molecule has 0 spiro atoms. The maximum absolute atomic E-state index is 12.6. The molecule has 162 valence electrons. The lowest BCUT2D eigenvalue weighted by atomic mass is 10.2. The van der Waals surface area contributed by atoms with Crippen LogP contribution in [0.1, 0.15) is 18.1 Å². The van der Waals surface area contributed by atoms with E-state index in [0.29, 0.717) is 22.1 Å². The first-order valence-electron chi connectivity index (χ1n) is 9.57. The Labute approximate surface area is 187 Å². The first kappa shape index (κ1) is 22.7. The average molecular weight is 459 g/mol. The first-order chi connectivity index (χ1) is 14.6. The highest BCUT2D eigenvalue weighted by molar-refractivity contribution is 7.92. The van der Waals surface area contributed by atoms with Crippen LogP contribution in [-0.4, -0.2) is 20.4 Å². The summed E-state index contributed by atoms with van der Waals surface area (Å²) < 4.78 is 33.4. The largest absolute Gasteiger partial charge is 0.481 e. The van der Waals surface area contributed by atoms with Crippen molar-refractivity contribution in [3.05, 3.63) is 82.9 Å². The Bertz CT molecular complexity index is 1190. The molecule has 0 saturated heterocycles. The van der Waals surface area contributed by atoms with Crippen LogP contribution < -0.4 is 14.8 Å². The minimum absolute atomic E-state index is 0.0613. The van der Waals surface area contributed by atoms with Crippen LogP contribution in [0.5, 0.6) is 5.75 Å². The van der Waals surface area contributed by atoms with Crippen LogP contribution in [0.3, 0.4) is 0 Å². The normalized spacial score (nSPS) is 12.1. The SMILES string of the molecule is Cc1cccc(O[C@H](C)C(=O)Nc2ccc(S(=O)(=O)Nc3ccc(C)c(Cl)c3)cc2)c1. The highest BCUT2D eigenvalue weighted by Gasteiger charge is 2.17. The van der Waals surface area contributed by atoms with Gasteiger partial charge in [0.05, 0.1) is 10.6 Å². The van der Waals surface area contributed by atoms with E-state index in [4.69, 9.17) is 16.3 Å². The van der Waals surface area contributed by atoms with Crippen molar-refractivity contribution in [2.24, 2.45) is 0 Å². The number of benzene rings is 3. The number of hydrogen-bond donors (Lipinski definition) is 2. The Balaban J connectivity index is 1.64. The Kier molecular flexibility index (Phi) is 6.87. The molecular weight excluding hydrogens is 436 g/mol. The quantitative estimate of drug-likeness (QED) is 0.512. The van der Waals surface area contributed by atoms with Crippen molar-refractivity contribution in [3.63, 3.8) is 0 Å². The lowest BCUT2D eigenvalue weighted by molar-refractivity contribution is -0.122. The van der Waals surface area contributed by atoms with Crippen LogP contribution in [0.15, 0.2) is 71.6 Å². The minimum Gasteiger partial charge on any atom is -0.481 e. The molecule has 8 heteroatoms. The molecule has 0 unspecified atom stereocenters. The molecule has 31 heavy (non-hydrogen) atoms.